The van der Waals surface area contributed by atoms with Gasteiger partial charge < -0.3 is 9.84 Å². The topological polar surface area (TPSA) is 49.8 Å². The van der Waals surface area contributed by atoms with Crippen molar-refractivity contribution in [2.24, 2.45) is 0 Å². The van der Waals surface area contributed by atoms with Gasteiger partial charge in [-0.05, 0) is 51.5 Å². The van der Waals surface area contributed by atoms with E-state index in [-0.39, 0.29) is 23.4 Å². The van der Waals surface area contributed by atoms with Crippen molar-refractivity contribution in [1.29, 1.82) is 0 Å². The van der Waals surface area contributed by atoms with Crippen LogP contribution in [0.3, 0.4) is 0 Å². The van der Waals surface area contributed by atoms with Gasteiger partial charge in [0.25, 0.3) is 0 Å². The molecule has 0 fully saturated rings. The molecule has 26 heavy (non-hydrogen) atoms. The Morgan fingerprint density at radius 1 is 1.27 bits per heavy atom. The van der Waals surface area contributed by atoms with Gasteiger partial charge in [0.05, 0.1) is 5.57 Å². The van der Waals surface area contributed by atoms with E-state index in [4.69, 9.17) is 21.4 Å². The minimum absolute atomic E-state index is 0.0239. The molecule has 1 aromatic carbocycles. The minimum atomic E-state index is -4.83. The molecule has 1 heterocycles. The molecule has 0 saturated carbocycles. The van der Waals surface area contributed by atoms with E-state index in [0.29, 0.717) is 17.1 Å². The Labute approximate surface area is 155 Å². The van der Waals surface area contributed by atoms with Crippen LogP contribution < -0.4 is 4.74 Å². The Balaban J connectivity index is 2.46. The monoisotopic (exact) mass is 391 g/mol. The Kier molecular flexibility index (Phi) is 5.92. The lowest BCUT2D eigenvalue weighted by Crippen LogP contribution is -2.40. The first-order chi connectivity index (χ1) is 11.9. The first kappa shape index (κ1) is 20.6. The third kappa shape index (κ3) is 4.32. The third-order valence-corrected chi connectivity index (χ3v) is 4.59. The summed E-state index contributed by atoms with van der Waals surface area (Å²) in [6.45, 7) is 8.51. The normalized spacial score (nSPS) is 17.3. The molecule has 1 N–H and O–H groups in total. The number of carboxylic acids is 1. The molecule has 1 aliphatic heterocycles. The molecular weight excluding hydrogens is 371 g/mol. The van der Waals surface area contributed by atoms with Gasteiger partial charge in [0.1, 0.15) is 5.75 Å². The van der Waals surface area contributed by atoms with Crippen LogP contribution in [-0.4, -0.2) is 40.3 Å². The second kappa shape index (κ2) is 7.48. The van der Waals surface area contributed by atoms with Crippen molar-refractivity contribution < 1.29 is 27.8 Å². The highest BCUT2D eigenvalue weighted by atomic mass is 35.5. The second-order valence-electron chi connectivity index (χ2n) is 6.79. The first-order valence-corrected chi connectivity index (χ1v) is 8.56. The molecule has 0 bridgehead atoms. The summed E-state index contributed by atoms with van der Waals surface area (Å²) < 4.78 is 44.6. The summed E-state index contributed by atoms with van der Waals surface area (Å²) in [4.78, 5) is 13.3. The Morgan fingerprint density at radius 2 is 1.85 bits per heavy atom. The van der Waals surface area contributed by atoms with Crippen LogP contribution in [0.2, 0.25) is 5.02 Å². The molecule has 0 amide bonds. The van der Waals surface area contributed by atoms with Crippen LogP contribution in [-0.2, 0) is 11.3 Å². The van der Waals surface area contributed by atoms with Gasteiger partial charge in [-0.2, -0.15) is 13.2 Å². The summed E-state index contributed by atoms with van der Waals surface area (Å²) >= 11 is 6.29. The molecule has 1 atom stereocenters. The summed E-state index contributed by atoms with van der Waals surface area (Å²) in [5.41, 5.74) is -0.0157. The van der Waals surface area contributed by atoms with Crippen LogP contribution in [0.1, 0.15) is 38.8 Å². The van der Waals surface area contributed by atoms with Gasteiger partial charge >= 0.3 is 12.1 Å². The molecule has 1 aliphatic rings. The maximum absolute atomic E-state index is 13.2. The maximum atomic E-state index is 13.2. The van der Waals surface area contributed by atoms with E-state index in [1.54, 1.807) is 0 Å². The van der Waals surface area contributed by atoms with Crippen LogP contribution >= 0.6 is 11.6 Å². The lowest BCUT2D eigenvalue weighted by atomic mass is 9.99. The zero-order chi connectivity index (χ0) is 19.8. The second-order valence-corrected chi connectivity index (χ2v) is 7.19. The molecule has 1 aromatic rings. The van der Waals surface area contributed by atoms with E-state index in [1.165, 1.54) is 12.1 Å². The number of alkyl halides is 3. The van der Waals surface area contributed by atoms with Crippen molar-refractivity contribution in [2.45, 2.75) is 58.6 Å². The fraction of sp³-hybridized carbons (Fsp3) is 0.500. The van der Waals surface area contributed by atoms with Crippen LogP contribution in [0.4, 0.5) is 13.2 Å². The average Bonchev–Trinajstić information content (AvgIpc) is 2.49. The summed E-state index contributed by atoms with van der Waals surface area (Å²) in [7, 11) is 0. The SMILES string of the molecule is CC(C)N(Cc1cc2c(cc1Cl)C=C(C(=O)O)C(C(F)(F)F)O2)C(C)C. The van der Waals surface area contributed by atoms with Gasteiger partial charge in [0, 0.05) is 29.2 Å². The van der Waals surface area contributed by atoms with Gasteiger partial charge in [0.2, 0.25) is 6.10 Å². The molecule has 0 aliphatic carbocycles. The third-order valence-electron chi connectivity index (χ3n) is 4.24. The van der Waals surface area contributed by atoms with Crippen molar-refractivity contribution >= 4 is 23.6 Å². The maximum Gasteiger partial charge on any atom is 0.430 e. The number of halogens is 4. The van der Waals surface area contributed by atoms with Crippen LogP contribution in [0, 0.1) is 0 Å². The van der Waals surface area contributed by atoms with Crippen molar-refractivity contribution in [3.63, 3.8) is 0 Å². The van der Waals surface area contributed by atoms with Crippen molar-refractivity contribution in [3.8, 4) is 5.75 Å². The van der Waals surface area contributed by atoms with Gasteiger partial charge in [-0.15, -0.1) is 0 Å². The largest absolute Gasteiger partial charge is 0.478 e. The van der Waals surface area contributed by atoms with E-state index in [1.807, 2.05) is 27.7 Å². The number of fused-ring (bicyclic) bond motifs is 1. The molecule has 4 nitrogen and oxygen atoms in total. The zero-order valence-electron chi connectivity index (χ0n) is 14.9. The number of hydrogen-bond acceptors (Lipinski definition) is 3. The zero-order valence-corrected chi connectivity index (χ0v) is 15.6. The van der Waals surface area contributed by atoms with Crippen molar-refractivity contribution in [1.82, 2.24) is 4.90 Å². The highest BCUT2D eigenvalue weighted by molar-refractivity contribution is 6.31. The summed E-state index contributed by atoms with van der Waals surface area (Å²) in [5, 5.41) is 9.43. The van der Waals surface area contributed by atoms with Crippen LogP contribution in [0.15, 0.2) is 17.7 Å². The predicted molar refractivity (Wildman–Crippen MR) is 93.4 cm³/mol. The van der Waals surface area contributed by atoms with Crippen molar-refractivity contribution in [2.75, 3.05) is 0 Å². The average molecular weight is 392 g/mol. The summed E-state index contributed by atoms with van der Waals surface area (Å²) in [5.74, 6) is -1.70. The van der Waals surface area contributed by atoms with Gasteiger partial charge in [-0.1, -0.05) is 11.6 Å². The molecular formula is C18H21ClF3NO3. The number of nitrogens with zero attached hydrogens (tertiary/aromatic N) is 1. The van der Waals surface area contributed by atoms with E-state index in [0.717, 1.165) is 6.08 Å². The number of carbonyl (C=O) groups is 1. The van der Waals surface area contributed by atoms with E-state index < -0.39 is 23.8 Å². The number of carboxylic acid groups (broad SMARTS) is 1. The summed E-state index contributed by atoms with van der Waals surface area (Å²) in [6, 6.07) is 3.33. The molecule has 8 heteroatoms. The number of aliphatic carboxylic acids is 1. The lowest BCUT2D eigenvalue weighted by Gasteiger charge is -2.32. The highest BCUT2D eigenvalue weighted by Crippen LogP contribution is 2.39. The molecule has 0 saturated heterocycles. The smallest absolute Gasteiger partial charge is 0.430 e. The lowest BCUT2D eigenvalue weighted by molar-refractivity contribution is -0.187. The fourth-order valence-corrected chi connectivity index (χ4v) is 3.19. The molecule has 1 unspecified atom stereocenters. The standard InChI is InChI=1S/C18H21ClF3NO3/c1-9(2)23(10(3)4)8-12-7-15-11(6-14(12)19)5-13(17(24)25)16(26-15)18(20,21)22/h5-7,9-10,16H,8H2,1-4H3,(H,24,25). The quantitative estimate of drug-likeness (QED) is 0.787. The minimum Gasteiger partial charge on any atom is -0.478 e. The van der Waals surface area contributed by atoms with Gasteiger partial charge in [0.15, 0.2) is 0 Å². The van der Waals surface area contributed by atoms with Gasteiger partial charge in [-0.3, -0.25) is 4.90 Å². The molecule has 0 spiro atoms. The number of ether oxygens (including phenoxy) is 1. The van der Waals surface area contributed by atoms with E-state index >= 15 is 0 Å². The Hall–Kier alpha value is -1.73. The number of benzene rings is 1. The molecule has 0 aromatic heterocycles. The number of hydrogen-bond donors (Lipinski definition) is 1. The first-order valence-electron chi connectivity index (χ1n) is 8.18. The Morgan fingerprint density at radius 3 is 2.31 bits per heavy atom. The van der Waals surface area contributed by atoms with Gasteiger partial charge in [-0.25, -0.2) is 4.79 Å². The molecule has 2 rings (SSSR count). The van der Waals surface area contributed by atoms with E-state index in [9.17, 15) is 18.0 Å². The predicted octanol–water partition coefficient (Wildman–Crippen LogP) is 4.75. The summed E-state index contributed by atoms with van der Waals surface area (Å²) in [6.07, 6.45) is -6.37. The van der Waals surface area contributed by atoms with Crippen LogP contribution in [0.25, 0.3) is 6.08 Å². The molecule has 0 radical (unpaired) electrons. The van der Waals surface area contributed by atoms with Crippen LogP contribution in [0.5, 0.6) is 5.75 Å². The fourth-order valence-electron chi connectivity index (χ4n) is 2.96. The Bertz CT molecular complexity index is 721. The highest BCUT2D eigenvalue weighted by Gasteiger charge is 2.48. The number of rotatable bonds is 5. The van der Waals surface area contributed by atoms with Crippen molar-refractivity contribution in [3.05, 3.63) is 33.9 Å². The molecule has 144 valence electrons. The van der Waals surface area contributed by atoms with E-state index in [2.05, 4.69) is 4.90 Å².